The lowest BCUT2D eigenvalue weighted by atomic mass is 10.1. The lowest BCUT2D eigenvalue weighted by Gasteiger charge is -2.10. The van der Waals surface area contributed by atoms with E-state index in [9.17, 15) is 26.4 Å². The number of carbonyl (C=O) groups is 1. The maximum absolute atomic E-state index is 12.3. The van der Waals surface area contributed by atoms with E-state index in [1.807, 2.05) is 6.92 Å². The Labute approximate surface area is 149 Å². The molecule has 0 unspecified atom stereocenters. The summed E-state index contributed by atoms with van der Waals surface area (Å²) in [4.78, 5) is 10.8. The summed E-state index contributed by atoms with van der Waals surface area (Å²) < 4.78 is 63.2. The molecule has 2 aromatic rings. The maximum Gasteiger partial charge on any atom is 0.471 e. The van der Waals surface area contributed by atoms with Gasteiger partial charge in [-0.05, 0) is 43.2 Å². The normalized spacial score (nSPS) is 11.8. The number of hydrogen-bond acceptors (Lipinski definition) is 3. The Morgan fingerprint density at radius 3 is 2.12 bits per heavy atom. The fourth-order valence-electron chi connectivity index (χ4n) is 2.09. The highest BCUT2D eigenvalue weighted by atomic mass is 32.2. The summed E-state index contributed by atoms with van der Waals surface area (Å²) in [7, 11) is -3.72. The van der Waals surface area contributed by atoms with Gasteiger partial charge in [-0.3, -0.25) is 9.52 Å². The van der Waals surface area contributed by atoms with Crippen molar-refractivity contribution in [1.29, 1.82) is 0 Å². The van der Waals surface area contributed by atoms with Crippen LogP contribution in [0.2, 0.25) is 0 Å². The van der Waals surface area contributed by atoms with Crippen LogP contribution in [-0.2, 0) is 21.2 Å². The molecule has 0 radical (unpaired) electrons. The SMILES string of the molecule is Cc1ccc(S(=O)(=O)Nc2ccc(CCNC(=O)C(F)(F)F)cc2)cc1. The average molecular weight is 386 g/mol. The molecule has 0 atom stereocenters. The van der Waals surface area contributed by atoms with Crippen molar-refractivity contribution in [2.24, 2.45) is 0 Å². The van der Waals surface area contributed by atoms with Crippen LogP contribution in [0.1, 0.15) is 11.1 Å². The Bertz CT molecular complexity index is 862. The van der Waals surface area contributed by atoms with Gasteiger partial charge in [0.25, 0.3) is 10.0 Å². The van der Waals surface area contributed by atoms with Gasteiger partial charge in [-0.2, -0.15) is 13.2 Å². The van der Waals surface area contributed by atoms with Crippen LogP contribution < -0.4 is 10.0 Å². The van der Waals surface area contributed by atoms with Crippen LogP contribution in [0.25, 0.3) is 0 Å². The van der Waals surface area contributed by atoms with E-state index in [1.54, 1.807) is 29.6 Å². The molecule has 0 spiro atoms. The van der Waals surface area contributed by atoms with E-state index in [2.05, 4.69) is 4.72 Å². The van der Waals surface area contributed by atoms with E-state index >= 15 is 0 Å². The molecule has 26 heavy (non-hydrogen) atoms. The number of hydrogen-bond donors (Lipinski definition) is 2. The molecule has 0 bridgehead atoms. The van der Waals surface area contributed by atoms with Gasteiger partial charge in [-0.15, -0.1) is 0 Å². The summed E-state index contributed by atoms with van der Waals surface area (Å²) in [6.07, 6.45) is -4.72. The van der Waals surface area contributed by atoms with Gasteiger partial charge in [0.15, 0.2) is 0 Å². The summed E-state index contributed by atoms with van der Waals surface area (Å²) in [6, 6.07) is 12.5. The number of rotatable bonds is 6. The van der Waals surface area contributed by atoms with Crippen molar-refractivity contribution in [2.45, 2.75) is 24.4 Å². The van der Waals surface area contributed by atoms with E-state index in [0.29, 0.717) is 11.3 Å². The largest absolute Gasteiger partial charge is 0.471 e. The van der Waals surface area contributed by atoms with Crippen molar-refractivity contribution in [2.75, 3.05) is 11.3 Å². The minimum atomic E-state index is -4.90. The van der Waals surface area contributed by atoms with E-state index in [4.69, 9.17) is 0 Å². The molecule has 0 aliphatic carbocycles. The monoisotopic (exact) mass is 386 g/mol. The van der Waals surface area contributed by atoms with Gasteiger partial charge in [0.1, 0.15) is 0 Å². The zero-order valence-electron chi connectivity index (χ0n) is 13.8. The number of halogens is 3. The lowest BCUT2D eigenvalue weighted by Crippen LogP contribution is -2.37. The molecule has 140 valence electrons. The van der Waals surface area contributed by atoms with Gasteiger partial charge in [0.2, 0.25) is 0 Å². The third kappa shape index (κ3) is 5.48. The minimum absolute atomic E-state index is 0.127. The molecule has 0 heterocycles. The summed E-state index contributed by atoms with van der Waals surface area (Å²) in [5.74, 6) is -1.99. The van der Waals surface area contributed by atoms with Crippen molar-refractivity contribution in [3.63, 3.8) is 0 Å². The number of nitrogens with one attached hydrogen (secondary N) is 2. The first kappa shape index (κ1) is 19.8. The molecule has 2 rings (SSSR count). The molecule has 0 fully saturated rings. The lowest BCUT2D eigenvalue weighted by molar-refractivity contribution is -0.173. The number of benzene rings is 2. The number of sulfonamides is 1. The van der Waals surface area contributed by atoms with Crippen LogP contribution in [-0.4, -0.2) is 27.0 Å². The van der Waals surface area contributed by atoms with E-state index in [1.165, 1.54) is 24.3 Å². The number of amides is 1. The van der Waals surface area contributed by atoms with Crippen LogP contribution in [0.5, 0.6) is 0 Å². The first-order valence-corrected chi connectivity index (χ1v) is 9.10. The highest BCUT2D eigenvalue weighted by molar-refractivity contribution is 7.92. The molecule has 9 heteroatoms. The Hall–Kier alpha value is -2.55. The Morgan fingerprint density at radius 1 is 1.00 bits per heavy atom. The third-order valence-corrected chi connectivity index (χ3v) is 4.89. The molecule has 0 aliphatic rings. The molecule has 0 aromatic heterocycles. The minimum Gasteiger partial charge on any atom is -0.348 e. The van der Waals surface area contributed by atoms with Crippen LogP contribution >= 0.6 is 0 Å². The van der Waals surface area contributed by atoms with Gasteiger partial charge in [-0.1, -0.05) is 29.8 Å². The topological polar surface area (TPSA) is 75.3 Å². The molecule has 0 saturated carbocycles. The molecular formula is C17H17F3N2O3S. The summed E-state index contributed by atoms with van der Waals surface area (Å²) in [5, 5.41) is 1.77. The van der Waals surface area contributed by atoms with E-state index in [0.717, 1.165) is 5.56 Å². The fourth-order valence-corrected chi connectivity index (χ4v) is 3.15. The van der Waals surface area contributed by atoms with Crippen molar-refractivity contribution in [3.05, 3.63) is 59.7 Å². The standard InChI is InChI=1S/C17H17F3N2O3S/c1-12-2-8-15(9-3-12)26(24,25)22-14-6-4-13(5-7-14)10-11-21-16(23)17(18,19)20/h2-9,22H,10-11H2,1H3,(H,21,23). The first-order chi connectivity index (χ1) is 12.1. The second-order valence-electron chi connectivity index (χ2n) is 5.62. The molecule has 2 N–H and O–H groups in total. The summed E-state index contributed by atoms with van der Waals surface area (Å²) in [5.41, 5.74) is 1.92. The highest BCUT2D eigenvalue weighted by Crippen LogP contribution is 2.18. The zero-order chi connectivity index (χ0) is 19.4. The van der Waals surface area contributed by atoms with Crippen LogP contribution in [0.3, 0.4) is 0 Å². The molecule has 0 aliphatic heterocycles. The van der Waals surface area contributed by atoms with Crippen molar-refractivity contribution in [1.82, 2.24) is 5.32 Å². The number of anilines is 1. The Balaban J connectivity index is 1.95. The van der Waals surface area contributed by atoms with Crippen molar-refractivity contribution in [3.8, 4) is 0 Å². The fraction of sp³-hybridized carbons (Fsp3) is 0.235. The molecule has 1 amide bonds. The first-order valence-electron chi connectivity index (χ1n) is 7.61. The number of alkyl halides is 3. The smallest absolute Gasteiger partial charge is 0.348 e. The van der Waals surface area contributed by atoms with E-state index in [-0.39, 0.29) is 17.9 Å². The van der Waals surface area contributed by atoms with Crippen LogP contribution in [0, 0.1) is 6.92 Å². The van der Waals surface area contributed by atoms with E-state index < -0.39 is 22.1 Å². The quantitative estimate of drug-likeness (QED) is 0.801. The second-order valence-corrected chi connectivity index (χ2v) is 7.30. The van der Waals surface area contributed by atoms with Crippen molar-refractivity contribution < 1.29 is 26.4 Å². The Kier molecular flexibility index (Phi) is 5.91. The number of aryl methyl sites for hydroxylation is 1. The predicted molar refractivity (Wildman–Crippen MR) is 91.2 cm³/mol. The van der Waals surface area contributed by atoms with Crippen molar-refractivity contribution >= 4 is 21.6 Å². The predicted octanol–water partition coefficient (Wildman–Crippen LogP) is 3.02. The van der Waals surface area contributed by atoms with Gasteiger partial charge < -0.3 is 5.32 Å². The van der Waals surface area contributed by atoms with Crippen LogP contribution in [0.15, 0.2) is 53.4 Å². The summed E-state index contributed by atoms with van der Waals surface area (Å²) >= 11 is 0. The van der Waals surface area contributed by atoms with Gasteiger partial charge in [-0.25, -0.2) is 8.42 Å². The molecular weight excluding hydrogens is 369 g/mol. The number of carbonyl (C=O) groups excluding carboxylic acids is 1. The third-order valence-electron chi connectivity index (χ3n) is 3.49. The second kappa shape index (κ2) is 7.77. The highest BCUT2D eigenvalue weighted by Gasteiger charge is 2.38. The van der Waals surface area contributed by atoms with Crippen LogP contribution in [0.4, 0.5) is 18.9 Å². The van der Waals surface area contributed by atoms with Gasteiger partial charge in [0, 0.05) is 12.2 Å². The summed E-state index contributed by atoms with van der Waals surface area (Å²) in [6.45, 7) is 1.67. The zero-order valence-corrected chi connectivity index (χ0v) is 14.6. The Morgan fingerprint density at radius 2 is 1.58 bits per heavy atom. The molecule has 5 nitrogen and oxygen atoms in total. The van der Waals surface area contributed by atoms with Gasteiger partial charge in [0.05, 0.1) is 4.90 Å². The van der Waals surface area contributed by atoms with Gasteiger partial charge >= 0.3 is 12.1 Å². The molecule has 2 aromatic carbocycles. The average Bonchev–Trinajstić information content (AvgIpc) is 2.55. The maximum atomic E-state index is 12.3. The molecule has 0 saturated heterocycles.